The normalized spacial score (nSPS) is 13.5. The average molecular weight is 260 g/mol. The monoisotopic (exact) mass is 259 g/mol. The Morgan fingerprint density at radius 3 is 2.64 bits per heavy atom. The van der Waals surface area contributed by atoms with Gasteiger partial charge in [0.2, 0.25) is 0 Å². The molecule has 1 heterocycles. The first-order valence-electron chi connectivity index (χ1n) is 5.05. The second-order valence-corrected chi connectivity index (χ2v) is 4.96. The third-order valence-corrected chi connectivity index (χ3v) is 2.83. The summed E-state index contributed by atoms with van der Waals surface area (Å²) < 4.78 is 6.35. The third-order valence-electron chi connectivity index (χ3n) is 2.13. The first-order chi connectivity index (χ1) is 6.59. The molecule has 0 aliphatic carbocycles. The fourth-order valence-corrected chi connectivity index (χ4v) is 1.85. The summed E-state index contributed by atoms with van der Waals surface area (Å²) >= 11 is 3.43. The second-order valence-electron chi connectivity index (χ2n) is 4.10. The molecule has 0 amide bonds. The highest BCUT2D eigenvalue weighted by Crippen LogP contribution is 2.17. The van der Waals surface area contributed by atoms with Crippen molar-refractivity contribution in [2.24, 2.45) is 5.92 Å². The minimum absolute atomic E-state index is 0.534. The molecule has 0 spiro atoms. The van der Waals surface area contributed by atoms with Gasteiger partial charge in [-0.05, 0) is 41.3 Å². The summed E-state index contributed by atoms with van der Waals surface area (Å²) in [6.45, 7) is 7.47. The summed E-state index contributed by atoms with van der Waals surface area (Å²) in [5, 5.41) is 3.43. The van der Waals surface area contributed by atoms with Gasteiger partial charge in [0.15, 0.2) is 0 Å². The van der Waals surface area contributed by atoms with E-state index in [0.717, 1.165) is 22.7 Å². The van der Waals surface area contributed by atoms with Crippen LogP contribution in [-0.2, 0) is 6.54 Å². The van der Waals surface area contributed by atoms with Crippen LogP contribution in [0.5, 0.6) is 0 Å². The summed E-state index contributed by atoms with van der Waals surface area (Å²) in [5.74, 6) is 1.71. The van der Waals surface area contributed by atoms with Gasteiger partial charge >= 0.3 is 0 Å². The van der Waals surface area contributed by atoms with Crippen molar-refractivity contribution in [3.05, 3.63) is 22.6 Å². The van der Waals surface area contributed by atoms with Crippen LogP contribution in [-0.4, -0.2) is 6.04 Å². The molecule has 14 heavy (non-hydrogen) atoms. The van der Waals surface area contributed by atoms with Crippen molar-refractivity contribution < 1.29 is 4.42 Å². The number of rotatable bonds is 5. The van der Waals surface area contributed by atoms with E-state index in [4.69, 9.17) is 4.42 Å². The van der Waals surface area contributed by atoms with Gasteiger partial charge in [0.25, 0.3) is 0 Å². The quantitative estimate of drug-likeness (QED) is 0.875. The number of hydrogen-bond acceptors (Lipinski definition) is 2. The number of furan rings is 1. The summed E-state index contributed by atoms with van der Waals surface area (Å²) in [4.78, 5) is 0. The molecule has 3 heteroatoms. The molecule has 1 rings (SSSR count). The maximum Gasteiger partial charge on any atom is 0.131 e. The van der Waals surface area contributed by atoms with E-state index in [0.29, 0.717) is 6.04 Å². The lowest BCUT2D eigenvalue weighted by atomic mass is 10.1. The molecule has 1 N–H and O–H groups in total. The Labute approximate surface area is 94.2 Å². The van der Waals surface area contributed by atoms with Crippen LogP contribution < -0.4 is 5.32 Å². The van der Waals surface area contributed by atoms with Crippen molar-refractivity contribution in [1.82, 2.24) is 5.32 Å². The topological polar surface area (TPSA) is 25.2 Å². The van der Waals surface area contributed by atoms with Crippen molar-refractivity contribution in [3.63, 3.8) is 0 Å². The molecule has 1 aromatic heterocycles. The number of halogens is 1. The van der Waals surface area contributed by atoms with Gasteiger partial charge in [-0.3, -0.25) is 0 Å². The Bertz CT molecular complexity index is 270. The highest BCUT2D eigenvalue weighted by atomic mass is 79.9. The van der Waals surface area contributed by atoms with Gasteiger partial charge in [0, 0.05) is 6.04 Å². The molecule has 0 saturated carbocycles. The minimum Gasteiger partial charge on any atom is -0.467 e. The van der Waals surface area contributed by atoms with Crippen molar-refractivity contribution in [2.75, 3.05) is 0 Å². The van der Waals surface area contributed by atoms with Crippen molar-refractivity contribution in [2.45, 2.75) is 39.8 Å². The molecule has 0 saturated heterocycles. The zero-order valence-corrected chi connectivity index (χ0v) is 10.6. The van der Waals surface area contributed by atoms with Crippen LogP contribution in [0.25, 0.3) is 0 Å². The molecule has 0 fully saturated rings. The summed E-state index contributed by atoms with van der Waals surface area (Å²) in [7, 11) is 0. The molecule has 0 radical (unpaired) electrons. The Balaban J connectivity index is 2.30. The second kappa shape index (κ2) is 5.56. The van der Waals surface area contributed by atoms with E-state index in [1.807, 2.05) is 6.07 Å². The Hall–Kier alpha value is -0.280. The predicted molar refractivity (Wildman–Crippen MR) is 62.2 cm³/mol. The van der Waals surface area contributed by atoms with E-state index in [-0.39, 0.29) is 0 Å². The van der Waals surface area contributed by atoms with Gasteiger partial charge in [-0.25, -0.2) is 0 Å². The van der Waals surface area contributed by atoms with Crippen LogP contribution in [0.4, 0.5) is 0 Å². The van der Waals surface area contributed by atoms with E-state index >= 15 is 0 Å². The van der Waals surface area contributed by atoms with E-state index in [1.165, 1.54) is 6.42 Å². The Kier molecular flexibility index (Phi) is 4.69. The molecule has 0 aromatic carbocycles. The summed E-state index contributed by atoms with van der Waals surface area (Å²) in [6.07, 6.45) is 2.90. The molecule has 80 valence electrons. The van der Waals surface area contributed by atoms with Gasteiger partial charge in [-0.2, -0.15) is 0 Å². The Morgan fingerprint density at radius 2 is 2.14 bits per heavy atom. The minimum atomic E-state index is 0.534. The molecule has 0 aliphatic heterocycles. The highest BCUT2D eigenvalue weighted by molar-refractivity contribution is 9.10. The van der Waals surface area contributed by atoms with Crippen LogP contribution in [0.2, 0.25) is 0 Å². The van der Waals surface area contributed by atoms with Crippen LogP contribution in [0.1, 0.15) is 33.0 Å². The maximum atomic E-state index is 5.31. The Morgan fingerprint density at radius 1 is 1.43 bits per heavy atom. The van der Waals surface area contributed by atoms with Crippen molar-refractivity contribution >= 4 is 15.9 Å². The van der Waals surface area contributed by atoms with Gasteiger partial charge in [0.05, 0.1) is 17.3 Å². The molecule has 0 aliphatic rings. The molecular weight excluding hydrogens is 242 g/mol. The van der Waals surface area contributed by atoms with Crippen LogP contribution in [0.15, 0.2) is 21.2 Å². The van der Waals surface area contributed by atoms with E-state index < -0.39 is 0 Å². The molecule has 1 aromatic rings. The van der Waals surface area contributed by atoms with Crippen molar-refractivity contribution in [1.29, 1.82) is 0 Å². The van der Waals surface area contributed by atoms with Crippen molar-refractivity contribution in [3.8, 4) is 0 Å². The van der Waals surface area contributed by atoms with Crippen LogP contribution in [0, 0.1) is 5.92 Å². The number of hydrogen-bond donors (Lipinski definition) is 1. The zero-order chi connectivity index (χ0) is 10.6. The summed E-state index contributed by atoms with van der Waals surface area (Å²) in [5.41, 5.74) is 0. The summed E-state index contributed by atoms with van der Waals surface area (Å²) in [6, 6.07) is 2.46. The lowest BCUT2D eigenvalue weighted by Crippen LogP contribution is -2.26. The fourth-order valence-electron chi connectivity index (χ4n) is 1.51. The first kappa shape index (κ1) is 11.8. The van der Waals surface area contributed by atoms with E-state index in [1.54, 1.807) is 6.26 Å². The average Bonchev–Trinajstić information content (AvgIpc) is 2.46. The first-order valence-corrected chi connectivity index (χ1v) is 5.84. The van der Waals surface area contributed by atoms with E-state index in [9.17, 15) is 0 Å². The predicted octanol–water partition coefficient (Wildman–Crippen LogP) is 3.57. The van der Waals surface area contributed by atoms with Gasteiger partial charge in [0.1, 0.15) is 5.76 Å². The van der Waals surface area contributed by atoms with Gasteiger partial charge in [-0.15, -0.1) is 0 Å². The molecular formula is C11H18BrNO. The lowest BCUT2D eigenvalue weighted by molar-refractivity contribution is 0.409. The van der Waals surface area contributed by atoms with E-state index in [2.05, 4.69) is 42.0 Å². The highest BCUT2D eigenvalue weighted by Gasteiger charge is 2.07. The third kappa shape index (κ3) is 3.84. The smallest absolute Gasteiger partial charge is 0.131 e. The van der Waals surface area contributed by atoms with Crippen LogP contribution in [0.3, 0.4) is 0 Å². The largest absolute Gasteiger partial charge is 0.467 e. The SMILES string of the molecule is CC(C)CC(C)NCc1occc1Br. The zero-order valence-electron chi connectivity index (χ0n) is 9.01. The molecule has 1 atom stereocenters. The lowest BCUT2D eigenvalue weighted by Gasteiger charge is -2.14. The molecule has 0 bridgehead atoms. The maximum absolute atomic E-state index is 5.31. The van der Waals surface area contributed by atoms with Crippen LogP contribution >= 0.6 is 15.9 Å². The van der Waals surface area contributed by atoms with Gasteiger partial charge < -0.3 is 9.73 Å². The standard InChI is InChI=1S/C11H18BrNO/c1-8(2)6-9(3)13-7-11-10(12)4-5-14-11/h4-5,8-9,13H,6-7H2,1-3H3. The molecule has 2 nitrogen and oxygen atoms in total. The fraction of sp³-hybridized carbons (Fsp3) is 0.636. The molecule has 1 unspecified atom stereocenters. The number of nitrogens with one attached hydrogen (secondary N) is 1. The van der Waals surface area contributed by atoms with Gasteiger partial charge in [-0.1, -0.05) is 13.8 Å².